The van der Waals surface area contributed by atoms with Gasteiger partial charge in [0, 0.05) is 17.7 Å². The maximum absolute atomic E-state index is 11.1. The number of aromatic nitrogens is 3. The van der Waals surface area contributed by atoms with Crippen molar-refractivity contribution in [1.29, 1.82) is 0 Å². The fourth-order valence-corrected chi connectivity index (χ4v) is 2.25. The van der Waals surface area contributed by atoms with Gasteiger partial charge in [-0.05, 0) is 0 Å². The zero-order valence-corrected chi connectivity index (χ0v) is 12.8. The summed E-state index contributed by atoms with van der Waals surface area (Å²) < 4.78 is 0.760. The number of benzene rings is 1. The molecule has 15 nitrogen and oxygen atoms in total. The molecule has 15 heteroatoms. The smallest absolute Gasteiger partial charge is 0.258 e. The van der Waals surface area contributed by atoms with Crippen molar-refractivity contribution in [2.24, 2.45) is 0 Å². The molecule has 0 fully saturated rings. The number of nitro groups is 4. The van der Waals surface area contributed by atoms with E-state index in [1.807, 2.05) is 0 Å². The Labute approximate surface area is 146 Å². The van der Waals surface area contributed by atoms with E-state index in [0.717, 1.165) is 28.9 Å². The minimum atomic E-state index is -0.906. The molecule has 2 aromatic heterocycles. The van der Waals surface area contributed by atoms with Crippen LogP contribution < -0.4 is 0 Å². The van der Waals surface area contributed by atoms with Crippen LogP contribution in [0.25, 0.3) is 17.0 Å². The van der Waals surface area contributed by atoms with Crippen LogP contribution in [0, 0.1) is 40.5 Å². The van der Waals surface area contributed by atoms with Crippen LogP contribution in [-0.2, 0) is 0 Å². The number of hydrogen-bond donors (Lipinski definition) is 0. The second kappa shape index (κ2) is 6.06. The Morgan fingerprint density at radius 1 is 0.741 bits per heavy atom. The molecular formula is C12H5N7O8. The number of nitrogens with zero attached hydrogens (tertiary/aromatic N) is 7. The molecule has 0 aliphatic rings. The summed E-state index contributed by atoms with van der Waals surface area (Å²) in [6.45, 7) is 0. The van der Waals surface area contributed by atoms with E-state index >= 15 is 0 Å². The molecule has 0 aliphatic heterocycles. The number of nitro benzene ring substituents is 2. The Morgan fingerprint density at radius 2 is 1.30 bits per heavy atom. The molecule has 3 aromatic rings. The third-order valence-corrected chi connectivity index (χ3v) is 3.39. The molecule has 0 amide bonds. The van der Waals surface area contributed by atoms with E-state index in [4.69, 9.17) is 0 Å². The van der Waals surface area contributed by atoms with Crippen LogP contribution in [0.3, 0.4) is 0 Å². The molecular weight excluding hydrogens is 370 g/mol. The lowest BCUT2D eigenvalue weighted by molar-refractivity contribution is -0.394. The molecule has 2 heterocycles. The lowest BCUT2D eigenvalue weighted by atomic mass is 10.1. The van der Waals surface area contributed by atoms with Gasteiger partial charge in [-0.15, -0.1) is 5.10 Å². The Kier molecular flexibility index (Phi) is 3.88. The Balaban J connectivity index is 2.28. The second-order valence-electron chi connectivity index (χ2n) is 5.05. The zero-order chi connectivity index (χ0) is 19.9. The van der Waals surface area contributed by atoms with E-state index < -0.39 is 42.4 Å². The molecule has 0 saturated heterocycles. The van der Waals surface area contributed by atoms with Gasteiger partial charge in [-0.3, -0.25) is 40.5 Å². The normalized spacial score (nSPS) is 10.7. The van der Waals surface area contributed by atoms with Gasteiger partial charge in [-0.1, -0.05) is 0 Å². The molecule has 0 N–H and O–H groups in total. The molecule has 0 atom stereocenters. The third-order valence-electron chi connectivity index (χ3n) is 3.39. The average molecular weight is 375 g/mol. The summed E-state index contributed by atoms with van der Waals surface area (Å²) in [5.74, 6) is -0.314. The lowest BCUT2D eigenvalue weighted by Gasteiger charge is -1.97. The van der Waals surface area contributed by atoms with E-state index in [1.165, 1.54) is 0 Å². The van der Waals surface area contributed by atoms with Crippen LogP contribution in [0.2, 0.25) is 0 Å². The molecule has 3 rings (SSSR count). The Bertz CT molecular complexity index is 1120. The van der Waals surface area contributed by atoms with Crippen LogP contribution >= 0.6 is 0 Å². The van der Waals surface area contributed by atoms with Gasteiger partial charge >= 0.3 is 5.69 Å². The van der Waals surface area contributed by atoms with Crippen molar-refractivity contribution in [3.8, 4) is 11.4 Å². The van der Waals surface area contributed by atoms with E-state index in [2.05, 4.69) is 10.1 Å². The predicted octanol–water partition coefficient (Wildman–Crippen LogP) is 2.03. The number of pyridine rings is 1. The van der Waals surface area contributed by atoms with Crippen molar-refractivity contribution in [3.63, 3.8) is 0 Å². The van der Waals surface area contributed by atoms with Crippen LogP contribution in [0.1, 0.15) is 0 Å². The van der Waals surface area contributed by atoms with Crippen molar-refractivity contribution in [2.45, 2.75) is 0 Å². The van der Waals surface area contributed by atoms with Gasteiger partial charge in [0.1, 0.15) is 6.20 Å². The fraction of sp³-hybridized carbons (Fsp3) is 0. The Morgan fingerprint density at radius 3 is 1.78 bits per heavy atom. The van der Waals surface area contributed by atoms with Crippen molar-refractivity contribution in [1.82, 2.24) is 14.6 Å². The van der Waals surface area contributed by atoms with Gasteiger partial charge in [0.2, 0.25) is 5.65 Å². The van der Waals surface area contributed by atoms with Crippen molar-refractivity contribution in [2.75, 3.05) is 0 Å². The summed E-state index contributed by atoms with van der Waals surface area (Å²) in [5, 5.41) is 47.8. The molecule has 0 bridgehead atoms. The zero-order valence-electron chi connectivity index (χ0n) is 12.8. The minimum absolute atomic E-state index is 0.156. The number of rotatable bonds is 5. The van der Waals surface area contributed by atoms with Crippen molar-refractivity contribution >= 4 is 28.4 Å². The van der Waals surface area contributed by atoms with Gasteiger partial charge in [0.25, 0.3) is 17.1 Å². The van der Waals surface area contributed by atoms with Crippen LogP contribution in [0.5, 0.6) is 0 Å². The first-order valence-corrected chi connectivity index (χ1v) is 6.81. The van der Waals surface area contributed by atoms with Crippen LogP contribution in [0.15, 0.2) is 30.5 Å². The highest BCUT2D eigenvalue weighted by Gasteiger charge is 2.25. The largest absolute Gasteiger partial charge is 0.320 e. The lowest BCUT2D eigenvalue weighted by Crippen LogP contribution is -1.98. The molecule has 0 spiro atoms. The quantitative estimate of drug-likeness (QED) is 0.468. The summed E-state index contributed by atoms with van der Waals surface area (Å²) in [5.41, 5.74) is -3.10. The highest BCUT2D eigenvalue weighted by molar-refractivity contribution is 5.70. The first-order valence-electron chi connectivity index (χ1n) is 6.81. The standard InChI is InChI=1S/C12H5N7O8/c20-16(21)7-1-6(2-8(3-7)17(22)23)11-13-12-10(19(26)27)4-9(18(24)25)5-15(12)14-11/h1-5H. The van der Waals surface area contributed by atoms with Gasteiger partial charge in [-0.2, -0.15) is 0 Å². The maximum atomic E-state index is 11.1. The first kappa shape index (κ1) is 17.3. The molecule has 136 valence electrons. The molecule has 27 heavy (non-hydrogen) atoms. The topological polar surface area (TPSA) is 203 Å². The summed E-state index contributed by atoms with van der Waals surface area (Å²) in [4.78, 5) is 44.3. The maximum Gasteiger partial charge on any atom is 0.320 e. The van der Waals surface area contributed by atoms with Crippen LogP contribution in [-0.4, -0.2) is 34.3 Å². The monoisotopic (exact) mass is 375 g/mol. The highest BCUT2D eigenvalue weighted by Crippen LogP contribution is 2.30. The molecule has 1 aromatic carbocycles. The second-order valence-corrected chi connectivity index (χ2v) is 5.05. The summed E-state index contributed by atoms with van der Waals surface area (Å²) in [7, 11) is 0. The third kappa shape index (κ3) is 3.06. The van der Waals surface area contributed by atoms with Gasteiger partial charge in [0.15, 0.2) is 5.82 Å². The van der Waals surface area contributed by atoms with E-state index in [9.17, 15) is 40.5 Å². The molecule has 0 saturated carbocycles. The van der Waals surface area contributed by atoms with E-state index in [-0.39, 0.29) is 17.0 Å². The van der Waals surface area contributed by atoms with Crippen molar-refractivity contribution < 1.29 is 19.7 Å². The molecule has 0 radical (unpaired) electrons. The Hall–Kier alpha value is -4.56. The summed E-state index contributed by atoms with van der Waals surface area (Å²) in [6, 6.07) is 3.31. The van der Waals surface area contributed by atoms with E-state index in [1.54, 1.807) is 0 Å². The number of hydrogen-bond acceptors (Lipinski definition) is 10. The molecule has 0 aliphatic carbocycles. The van der Waals surface area contributed by atoms with Crippen LogP contribution in [0.4, 0.5) is 22.7 Å². The fourth-order valence-electron chi connectivity index (χ4n) is 2.25. The number of fused-ring (bicyclic) bond motifs is 1. The van der Waals surface area contributed by atoms with Gasteiger partial charge in [0.05, 0.1) is 31.8 Å². The minimum Gasteiger partial charge on any atom is -0.258 e. The summed E-state index contributed by atoms with van der Waals surface area (Å²) in [6.07, 6.45) is 0.866. The van der Waals surface area contributed by atoms with E-state index in [0.29, 0.717) is 6.07 Å². The predicted molar refractivity (Wildman–Crippen MR) is 85.0 cm³/mol. The van der Waals surface area contributed by atoms with Gasteiger partial charge < -0.3 is 0 Å². The average Bonchev–Trinajstić information content (AvgIpc) is 3.04. The first-order chi connectivity index (χ1) is 12.7. The van der Waals surface area contributed by atoms with Gasteiger partial charge in [-0.25, -0.2) is 9.50 Å². The van der Waals surface area contributed by atoms with Crippen molar-refractivity contribution in [3.05, 3.63) is 70.9 Å². The SMILES string of the molecule is O=[N+]([O-])c1cc(-c2nc3c([N+](=O)[O-])cc([N+](=O)[O-])cn3n2)cc([N+](=O)[O-])c1. The summed E-state index contributed by atoms with van der Waals surface area (Å²) >= 11 is 0. The number of non-ortho nitro benzene ring substituents is 2. The molecule has 0 unspecified atom stereocenters. The highest BCUT2D eigenvalue weighted by atomic mass is 16.6.